The van der Waals surface area contributed by atoms with Crippen LogP contribution in [0.5, 0.6) is 0 Å². The summed E-state index contributed by atoms with van der Waals surface area (Å²) in [5, 5.41) is 13.2. The van der Waals surface area contributed by atoms with Crippen molar-refractivity contribution in [3.8, 4) is 0 Å². The minimum absolute atomic E-state index is 0.395. The monoisotopic (exact) mass is 298 g/mol. The number of aliphatic hydroxyl groups excluding tert-OH is 1. The lowest BCUT2D eigenvalue weighted by atomic mass is 9.85. The molecule has 4 heteroatoms. The smallest absolute Gasteiger partial charge is 0.0897 e. The number of ether oxygens (including phenoxy) is 1. The molecule has 0 amide bonds. The summed E-state index contributed by atoms with van der Waals surface area (Å²) in [6, 6.07) is 0. The molecular weight excluding hydrogens is 264 g/mol. The second kappa shape index (κ2) is 11.2. The Hall–Kier alpha value is -0.420. The van der Waals surface area contributed by atoms with Crippen molar-refractivity contribution in [1.82, 2.24) is 10.2 Å². The van der Waals surface area contributed by atoms with Crippen LogP contribution in [0.25, 0.3) is 0 Å². The van der Waals surface area contributed by atoms with Crippen molar-refractivity contribution in [3.05, 3.63) is 12.2 Å². The summed E-state index contributed by atoms with van der Waals surface area (Å²) in [6.07, 6.45) is 8.73. The third kappa shape index (κ3) is 9.25. The maximum absolute atomic E-state index is 9.88. The lowest BCUT2D eigenvalue weighted by Crippen LogP contribution is -2.32. The van der Waals surface area contributed by atoms with Gasteiger partial charge in [0.15, 0.2) is 0 Å². The quantitative estimate of drug-likeness (QED) is 0.452. The van der Waals surface area contributed by atoms with E-state index in [-0.39, 0.29) is 0 Å². The Bertz CT molecular complexity index is 282. The van der Waals surface area contributed by atoms with Gasteiger partial charge in [-0.1, -0.05) is 19.1 Å². The minimum atomic E-state index is -0.395. The molecule has 0 heterocycles. The van der Waals surface area contributed by atoms with Crippen LogP contribution in [-0.4, -0.2) is 63.1 Å². The molecule has 3 atom stereocenters. The highest BCUT2D eigenvalue weighted by Crippen LogP contribution is 2.24. The number of aliphatic hydroxyl groups is 1. The Kier molecular flexibility index (Phi) is 9.92. The predicted molar refractivity (Wildman–Crippen MR) is 88.5 cm³/mol. The summed E-state index contributed by atoms with van der Waals surface area (Å²) < 4.78 is 5.68. The van der Waals surface area contributed by atoms with E-state index in [1.165, 1.54) is 6.42 Å². The van der Waals surface area contributed by atoms with Gasteiger partial charge in [-0.05, 0) is 64.7 Å². The molecule has 21 heavy (non-hydrogen) atoms. The van der Waals surface area contributed by atoms with Crippen LogP contribution in [0, 0.1) is 11.8 Å². The summed E-state index contributed by atoms with van der Waals surface area (Å²) in [5.41, 5.74) is 0. The van der Waals surface area contributed by atoms with Gasteiger partial charge in [0.25, 0.3) is 0 Å². The van der Waals surface area contributed by atoms with E-state index in [1.807, 2.05) is 0 Å². The van der Waals surface area contributed by atoms with Crippen molar-refractivity contribution in [2.45, 2.75) is 38.7 Å². The summed E-state index contributed by atoms with van der Waals surface area (Å²) in [6.45, 7) is 6.21. The molecule has 2 N–H and O–H groups in total. The highest BCUT2D eigenvalue weighted by atomic mass is 16.5. The Morgan fingerprint density at radius 1 is 1.29 bits per heavy atom. The Balaban J connectivity index is 1.94. The molecule has 0 saturated heterocycles. The third-order valence-electron chi connectivity index (χ3n) is 4.15. The fourth-order valence-corrected chi connectivity index (χ4v) is 2.60. The van der Waals surface area contributed by atoms with E-state index in [9.17, 15) is 5.11 Å². The van der Waals surface area contributed by atoms with Gasteiger partial charge < -0.3 is 20.1 Å². The maximum atomic E-state index is 9.88. The molecular formula is C17H34N2O2. The number of allylic oxidation sites excluding steroid dienone is 2. The molecule has 0 aromatic carbocycles. The van der Waals surface area contributed by atoms with Gasteiger partial charge in [-0.25, -0.2) is 0 Å². The standard InChI is InChI=1S/C17H34N2O2/c1-15-8-4-5-9-16(15)13-21-14-17(20)12-18-10-6-7-11-19(2)3/h4-5,15-18,20H,6-14H2,1-3H3. The van der Waals surface area contributed by atoms with Crippen LogP contribution in [0.2, 0.25) is 0 Å². The minimum Gasteiger partial charge on any atom is -0.389 e. The van der Waals surface area contributed by atoms with E-state index < -0.39 is 6.10 Å². The van der Waals surface area contributed by atoms with Gasteiger partial charge in [0.2, 0.25) is 0 Å². The molecule has 1 aliphatic carbocycles. The second-order valence-corrected chi connectivity index (χ2v) is 6.59. The van der Waals surface area contributed by atoms with E-state index in [0.717, 1.165) is 39.0 Å². The zero-order valence-electron chi connectivity index (χ0n) is 14.1. The number of nitrogens with zero attached hydrogens (tertiary/aromatic N) is 1. The first-order valence-corrected chi connectivity index (χ1v) is 8.36. The van der Waals surface area contributed by atoms with Gasteiger partial charge in [-0.3, -0.25) is 0 Å². The zero-order chi connectivity index (χ0) is 15.5. The van der Waals surface area contributed by atoms with Crippen LogP contribution < -0.4 is 5.32 Å². The molecule has 3 unspecified atom stereocenters. The molecule has 0 radical (unpaired) electrons. The van der Waals surface area contributed by atoms with Gasteiger partial charge >= 0.3 is 0 Å². The van der Waals surface area contributed by atoms with Crippen LogP contribution in [-0.2, 0) is 4.74 Å². The average Bonchev–Trinajstić information content (AvgIpc) is 2.44. The molecule has 124 valence electrons. The van der Waals surface area contributed by atoms with Crippen molar-refractivity contribution in [2.24, 2.45) is 11.8 Å². The van der Waals surface area contributed by atoms with E-state index >= 15 is 0 Å². The molecule has 0 aromatic rings. The topological polar surface area (TPSA) is 44.7 Å². The highest BCUT2D eigenvalue weighted by molar-refractivity contribution is 4.93. The normalized spacial score (nSPS) is 23.7. The fraction of sp³-hybridized carbons (Fsp3) is 0.882. The highest BCUT2D eigenvalue weighted by Gasteiger charge is 2.18. The first-order valence-electron chi connectivity index (χ1n) is 8.36. The van der Waals surface area contributed by atoms with Crippen molar-refractivity contribution in [1.29, 1.82) is 0 Å². The fourth-order valence-electron chi connectivity index (χ4n) is 2.60. The Morgan fingerprint density at radius 3 is 2.76 bits per heavy atom. The molecule has 0 aromatic heterocycles. The van der Waals surface area contributed by atoms with E-state index in [0.29, 0.717) is 25.0 Å². The van der Waals surface area contributed by atoms with Crippen LogP contribution in [0.15, 0.2) is 12.2 Å². The van der Waals surface area contributed by atoms with Gasteiger partial charge in [0.1, 0.15) is 0 Å². The number of hydrogen-bond acceptors (Lipinski definition) is 4. The Morgan fingerprint density at radius 2 is 2.05 bits per heavy atom. The molecule has 0 spiro atoms. The lowest BCUT2D eigenvalue weighted by Gasteiger charge is -2.25. The van der Waals surface area contributed by atoms with Crippen LogP contribution >= 0.6 is 0 Å². The van der Waals surface area contributed by atoms with Gasteiger partial charge in [-0.15, -0.1) is 0 Å². The van der Waals surface area contributed by atoms with Gasteiger partial charge in [-0.2, -0.15) is 0 Å². The molecule has 4 nitrogen and oxygen atoms in total. The van der Waals surface area contributed by atoms with Crippen LogP contribution in [0.1, 0.15) is 32.6 Å². The van der Waals surface area contributed by atoms with E-state index in [1.54, 1.807) is 0 Å². The van der Waals surface area contributed by atoms with Crippen molar-refractivity contribution in [2.75, 3.05) is 46.9 Å². The molecule has 0 saturated carbocycles. The van der Waals surface area contributed by atoms with Crippen molar-refractivity contribution < 1.29 is 9.84 Å². The number of rotatable bonds is 11. The first-order chi connectivity index (χ1) is 10.1. The molecule has 0 bridgehead atoms. The molecule has 1 aliphatic rings. The predicted octanol–water partition coefficient (Wildman–Crippen LogP) is 1.90. The van der Waals surface area contributed by atoms with Gasteiger partial charge in [0.05, 0.1) is 19.3 Å². The molecule has 0 fully saturated rings. The number of unbranched alkanes of at least 4 members (excludes halogenated alkanes) is 1. The zero-order valence-corrected chi connectivity index (χ0v) is 14.1. The summed E-state index contributed by atoms with van der Waals surface area (Å²) in [7, 11) is 4.19. The van der Waals surface area contributed by atoms with Gasteiger partial charge in [0, 0.05) is 6.54 Å². The maximum Gasteiger partial charge on any atom is 0.0897 e. The largest absolute Gasteiger partial charge is 0.389 e. The lowest BCUT2D eigenvalue weighted by molar-refractivity contribution is 0.0129. The van der Waals surface area contributed by atoms with Crippen molar-refractivity contribution in [3.63, 3.8) is 0 Å². The van der Waals surface area contributed by atoms with Crippen LogP contribution in [0.4, 0.5) is 0 Å². The second-order valence-electron chi connectivity index (χ2n) is 6.59. The molecule has 1 rings (SSSR count). The van der Waals surface area contributed by atoms with E-state index in [4.69, 9.17) is 4.74 Å². The van der Waals surface area contributed by atoms with Crippen molar-refractivity contribution >= 4 is 0 Å². The summed E-state index contributed by atoms with van der Waals surface area (Å²) >= 11 is 0. The SMILES string of the molecule is CC1CC=CCC1COCC(O)CNCCCCN(C)C. The summed E-state index contributed by atoms with van der Waals surface area (Å²) in [5.74, 6) is 1.31. The number of hydrogen-bond donors (Lipinski definition) is 2. The third-order valence-corrected chi connectivity index (χ3v) is 4.15. The Labute approximate surface area is 130 Å². The summed E-state index contributed by atoms with van der Waals surface area (Å²) in [4.78, 5) is 2.20. The molecule has 0 aliphatic heterocycles. The van der Waals surface area contributed by atoms with E-state index in [2.05, 4.69) is 43.4 Å². The average molecular weight is 298 g/mol. The number of nitrogens with one attached hydrogen (secondary N) is 1. The van der Waals surface area contributed by atoms with Crippen LogP contribution in [0.3, 0.4) is 0 Å². The first kappa shape index (κ1) is 18.6.